The van der Waals surface area contributed by atoms with Gasteiger partial charge in [-0.05, 0) is 35.6 Å². The maximum Gasteiger partial charge on any atom is 0.162 e. The third-order valence-corrected chi connectivity index (χ3v) is 2.89. The number of Topliss-reactive ketones (excluding diaryl/α,β-unsaturated/α-hetero) is 1. The molecule has 0 amide bonds. The number of carbonyl (C=O) groups excluding carboxylic acids is 1. The van der Waals surface area contributed by atoms with E-state index >= 15 is 0 Å². The molecule has 18 heavy (non-hydrogen) atoms. The monoisotopic (exact) mass is 248 g/mol. The first kappa shape index (κ1) is 14.7. The summed E-state index contributed by atoms with van der Waals surface area (Å²) in [4.78, 5) is 11.9. The average Bonchev–Trinajstić information content (AvgIpc) is 2.33. The predicted octanol–water partition coefficient (Wildman–Crippen LogP) is 4.37. The number of carbonyl (C=O) groups is 1. The van der Waals surface area contributed by atoms with Crippen LogP contribution >= 0.6 is 0 Å². The van der Waals surface area contributed by atoms with Gasteiger partial charge in [-0.3, -0.25) is 4.79 Å². The van der Waals surface area contributed by atoms with Gasteiger partial charge in [0.25, 0.3) is 0 Å². The molecule has 0 aliphatic heterocycles. The number of hydrogen-bond acceptors (Lipinski definition) is 2. The van der Waals surface area contributed by atoms with Gasteiger partial charge >= 0.3 is 0 Å². The van der Waals surface area contributed by atoms with Gasteiger partial charge in [-0.1, -0.05) is 34.6 Å². The number of hydrogen-bond donors (Lipinski definition) is 0. The van der Waals surface area contributed by atoms with Gasteiger partial charge in [0, 0.05) is 12.0 Å². The summed E-state index contributed by atoms with van der Waals surface area (Å²) >= 11 is 0. The Morgan fingerprint density at radius 2 is 1.83 bits per heavy atom. The molecule has 2 heteroatoms. The van der Waals surface area contributed by atoms with Gasteiger partial charge in [-0.2, -0.15) is 0 Å². The van der Waals surface area contributed by atoms with Gasteiger partial charge in [0.2, 0.25) is 0 Å². The van der Waals surface area contributed by atoms with Crippen molar-refractivity contribution >= 4 is 5.78 Å². The Morgan fingerprint density at radius 1 is 1.17 bits per heavy atom. The van der Waals surface area contributed by atoms with Gasteiger partial charge in [0.1, 0.15) is 5.75 Å². The van der Waals surface area contributed by atoms with Crippen molar-refractivity contribution in [2.45, 2.75) is 52.9 Å². The van der Waals surface area contributed by atoms with Crippen LogP contribution in [-0.4, -0.2) is 12.4 Å². The van der Waals surface area contributed by atoms with Crippen LogP contribution in [0.4, 0.5) is 0 Å². The Hall–Kier alpha value is -1.31. The fourth-order valence-corrected chi connectivity index (χ4v) is 1.70. The summed E-state index contributed by atoms with van der Waals surface area (Å²) in [5.41, 5.74) is 1.93. The van der Waals surface area contributed by atoms with E-state index in [1.807, 2.05) is 25.1 Å². The summed E-state index contributed by atoms with van der Waals surface area (Å²) in [7, 11) is 0. The third kappa shape index (κ3) is 3.86. The molecule has 1 aromatic rings. The van der Waals surface area contributed by atoms with Gasteiger partial charge in [0.15, 0.2) is 5.78 Å². The van der Waals surface area contributed by atoms with Crippen molar-refractivity contribution in [2.24, 2.45) is 0 Å². The van der Waals surface area contributed by atoms with E-state index in [4.69, 9.17) is 4.74 Å². The summed E-state index contributed by atoms with van der Waals surface area (Å²) in [5, 5.41) is 0. The Bertz CT molecular complexity index is 414. The summed E-state index contributed by atoms with van der Waals surface area (Å²) in [6.45, 7) is 11.1. The normalized spacial score (nSPS) is 11.4. The Morgan fingerprint density at radius 3 is 2.33 bits per heavy atom. The molecule has 0 fully saturated rings. The van der Waals surface area contributed by atoms with Crippen LogP contribution in [-0.2, 0) is 5.41 Å². The van der Waals surface area contributed by atoms with E-state index in [0.717, 1.165) is 23.3 Å². The molecule has 0 heterocycles. The van der Waals surface area contributed by atoms with Crippen LogP contribution in [0.3, 0.4) is 0 Å². The fourth-order valence-electron chi connectivity index (χ4n) is 1.70. The second-order valence-corrected chi connectivity index (χ2v) is 5.62. The van der Waals surface area contributed by atoms with E-state index in [1.54, 1.807) is 0 Å². The molecule has 100 valence electrons. The zero-order valence-electron chi connectivity index (χ0n) is 12.2. The summed E-state index contributed by atoms with van der Waals surface area (Å²) in [6, 6.07) is 5.89. The zero-order valence-corrected chi connectivity index (χ0v) is 12.2. The number of rotatable bonds is 5. The highest BCUT2D eigenvalue weighted by molar-refractivity contribution is 5.96. The molecule has 0 atom stereocenters. The maximum atomic E-state index is 11.9. The molecule has 0 aliphatic carbocycles. The lowest BCUT2D eigenvalue weighted by molar-refractivity contribution is 0.0987. The molecule has 0 spiro atoms. The van der Waals surface area contributed by atoms with E-state index in [9.17, 15) is 4.79 Å². The first-order valence-corrected chi connectivity index (χ1v) is 6.70. The quantitative estimate of drug-likeness (QED) is 0.723. The Balaban J connectivity index is 3.16. The topological polar surface area (TPSA) is 26.3 Å². The molecular formula is C16H24O2. The third-order valence-electron chi connectivity index (χ3n) is 2.89. The lowest BCUT2D eigenvalue weighted by Gasteiger charge is -2.21. The molecule has 0 saturated heterocycles. The lowest BCUT2D eigenvalue weighted by Crippen LogP contribution is -2.13. The first-order valence-electron chi connectivity index (χ1n) is 6.70. The molecule has 0 bridgehead atoms. The van der Waals surface area contributed by atoms with Gasteiger partial charge in [-0.15, -0.1) is 0 Å². The van der Waals surface area contributed by atoms with Gasteiger partial charge in [0.05, 0.1) is 6.61 Å². The van der Waals surface area contributed by atoms with Gasteiger partial charge in [-0.25, -0.2) is 0 Å². The molecule has 1 rings (SSSR count). The standard InChI is InChI=1S/C16H24O2/c1-6-8-18-14-10-12(15(17)7-2)9-13(11-14)16(3,4)5/h9-11H,6-8H2,1-5H3. The van der Waals surface area contributed by atoms with Gasteiger partial charge < -0.3 is 4.74 Å². The van der Waals surface area contributed by atoms with Crippen molar-refractivity contribution < 1.29 is 9.53 Å². The summed E-state index contributed by atoms with van der Waals surface area (Å²) in [5.74, 6) is 0.975. The van der Waals surface area contributed by atoms with E-state index in [-0.39, 0.29) is 11.2 Å². The Kier molecular flexibility index (Phi) is 4.94. The summed E-state index contributed by atoms with van der Waals surface area (Å²) < 4.78 is 5.67. The second kappa shape index (κ2) is 6.03. The van der Waals surface area contributed by atoms with Crippen molar-refractivity contribution in [2.75, 3.05) is 6.61 Å². The maximum absolute atomic E-state index is 11.9. The number of ether oxygens (including phenoxy) is 1. The molecule has 0 saturated carbocycles. The van der Waals surface area contributed by atoms with Crippen molar-refractivity contribution in [1.82, 2.24) is 0 Å². The lowest BCUT2D eigenvalue weighted by atomic mass is 9.85. The predicted molar refractivity (Wildman–Crippen MR) is 75.5 cm³/mol. The highest BCUT2D eigenvalue weighted by Gasteiger charge is 2.17. The minimum absolute atomic E-state index is 0.0222. The fraction of sp³-hybridized carbons (Fsp3) is 0.562. The van der Waals surface area contributed by atoms with Crippen molar-refractivity contribution in [1.29, 1.82) is 0 Å². The zero-order chi connectivity index (χ0) is 13.8. The minimum atomic E-state index is 0.0222. The second-order valence-electron chi connectivity index (χ2n) is 5.62. The number of ketones is 1. The molecule has 1 aromatic carbocycles. The molecule has 0 radical (unpaired) electrons. The molecular weight excluding hydrogens is 224 g/mol. The first-order chi connectivity index (χ1) is 8.38. The minimum Gasteiger partial charge on any atom is -0.494 e. The van der Waals surface area contributed by atoms with Crippen LogP contribution in [0.25, 0.3) is 0 Å². The highest BCUT2D eigenvalue weighted by Crippen LogP contribution is 2.28. The van der Waals surface area contributed by atoms with Crippen LogP contribution in [0.5, 0.6) is 5.75 Å². The van der Waals surface area contributed by atoms with E-state index < -0.39 is 0 Å². The van der Waals surface area contributed by atoms with E-state index in [1.165, 1.54) is 0 Å². The SMILES string of the molecule is CCCOc1cc(C(=O)CC)cc(C(C)(C)C)c1. The van der Waals surface area contributed by atoms with E-state index in [0.29, 0.717) is 13.0 Å². The van der Waals surface area contributed by atoms with Crippen molar-refractivity contribution in [3.63, 3.8) is 0 Å². The van der Waals surface area contributed by atoms with Crippen molar-refractivity contribution in [3.05, 3.63) is 29.3 Å². The van der Waals surface area contributed by atoms with Crippen LogP contribution < -0.4 is 4.74 Å². The smallest absolute Gasteiger partial charge is 0.162 e. The molecule has 2 nitrogen and oxygen atoms in total. The molecule has 0 aromatic heterocycles. The van der Waals surface area contributed by atoms with Crippen LogP contribution in [0.2, 0.25) is 0 Å². The average molecular weight is 248 g/mol. The Labute approximate surface area is 110 Å². The summed E-state index contributed by atoms with van der Waals surface area (Å²) in [6.07, 6.45) is 1.50. The number of benzene rings is 1. The molecule has 0 aliphatic rings. The van der Waals surface area contributed by atoms with Crippen molar-refractivity contribution in [3.8, 4) is 5.75 Å². The highest BCUT2D eigenvalue weighted by atomic mass is 16.5. The van der Waals surface area contributed by atoms with E-state index in [2.05, 4.69) is 27.7 Å². The largest absolute Gasteiger partial charge is 0.494 e. The van der Waals surface area contributed by atoms with Crippen LogP contribution in [0, 0.1) is 0 Å². The van der Waals surface area contributed by atoms with Crippen LogP contribution in [0.15, 0.2) is 18.2 Å². The molecule has 0 N–H and O–H groups in total. The molecule has 0 unspecified atom stereocenters. The van der Waals surface area contributed by atoms with Crippen LogP contribution in [0.1, 0.15) is 63.4 Å².